The highest BCUT2D eigenvalue weighted by Crippen LogP contribution is 2.09. The van der Waals surface area contributed by atoms with Crippen LogP contribution < -0.4 is 4.72 Å². The Balaban J connectivity index is 1.78. The van der Waals surface area contributed by atoms with Crippen LogP contribution in [0.5, 0.6) is 0 Å². The fourth-order valence-corrected chi connectivity index (χ4v) is 3.10. The Morgan fingerprint density at radius 1 is 1.28 bits per heavy atom. The molecule has 0 amide bonds. The predicted octanol–water partition coefficient (Wildman–Crippen LogP) is 0.564. The van der Waals surface area contributed by atoms with E-state index in [1.807, 2.05) is 0 Å². The first-order valence-corrected chi connectivity index (χ1v) is 7.88. The minimum absolute atomic E-state index is 0.123. The van der Waals surface area contributed by atoms with Crippen LogP contribution in [0.1, 0.15) is 25.7 Å². The van der Waals surface area contributed by atoms with Gasteiger partial charge < -0.3 is 4.90 Å². The summed E-state index contributed by atoms with van der Waals surface area (Å²) in [4.78, 5) is 2.32. The highest BCUT2D eigenvalue weighted by atomic mass is 32.2. The van der Waals surface area contributed by atoms with Gasteiger partial charge in [-0.05, 0) is 32.0 Å². The third-order valence-corrected chi connectivity index (χ3v) is 4.57. The topological polar surface area (TPSA) is 78.1 Å². The molecule has 0 atom stereocenters. The van der Waals surface area contributed by atoms with Crippen molar-refractivity contribution in [2.75, 3.05) is 26.2 Å². The number of nitrogens with zero attached hydrogens (tertiary/aromatic N) is 2. The molecule has 1 aliphatic rings. The van der Waals surface area contributed by atoms with E-state index >= 15 is 0 Å². The molecule has 0 bridgehead atoms. The molecule has 0 aliphatic carbocycles. The molecule has 0 saturated carbocycles. The normalized spacial score (nSPS) is 18.7. The van der Waals surface area contributed by atoms with Crippen LogP contribution in [-0.4, -0.2) is 49.7 Å². The lowest BCUT2D eigenvalue weighted by atomic mass is 10.2. The number of aromatic amines is 1. The maximum atomic E-state index is 11.8. The zero-order valence-electron chi connectivity index (χ0n) is 10.4. The summed E-state index contributed by atoms with van der Waals surface area (Å²) in [6.45, 7) is 3.37. The second-order valence-electron chi connectivity index (χ2n) is 4.57. The zero-order valence-corrected chi connectivity index (χ0v) is 11.2. The molecule has 2 heterocycles. The molecule has 18 heavy (non-hydrogen) atoms. The van der Waals surface area contributed by atoms with E-state index < -0.39 is 10.0 Å². The summed E-state index contributed by atoms with van der Waals surface area (Å²) < 4.78 is 26.2. The molecular weight excluding hydrogens is 252 g/mol. The van der Waals surface area contributed by atoms with Crippen molar-refractivity contribution in [1.29, 1.82) is 0 Å². The van der Waals surface area contributed by atoms with Gasteiger partial charge >= 0.3 is 0 Å². The number of rotatable bonds is 5. The van der Waals surface area contributed by atoms with Gasteiger partial charge in [0.15, 0.2) is 5.03 Å². The third kappa shape index (κ3) is 3.79. The molecule has 1 aliphatic heterocycles. The van der Waals surface area contributed by atoms with Crippen molar-refractivity contribution >= 4 is 10.0 Å². The average Bonchev–Trinajstić information content (AvgIpc) is 2.76. The lowest BCUT2D eigenvalue weighted by molar-refractivity contribution is 0.290. The summed E-state index contributed by atoms with van der Waals surface area (Å²) in [6.07, 6.45) is 6.44. The highest BCUT2D eigenvalue weighted by molar-refractivity contribution is 7.89. The molecule has 1 aromatic rings. The summed E-state index contributed by atoms with van der Waals surface area (Å²) in [5, 5.41) is 6.23. The molecule has 0 unspecified atom stereocenters. The third-order valence-electron chi connectivity index (χ3n) is 3.18. The largest absolute Gasteiger partial charge is 0.302 e. The summed E-state index contributed by atoms with van der Waals surface area (Å²) in [5.41, 5.74) is 0. The average molecular weight is 272 g/mol. The maximum absolute atomic E-state index is 11.8. The Bertz CT molecular complexity index is 436. The van der Waals surface area contributed by atoms with Crippen LogP contribution in [0, 0.1) is 0 Å². The number of nitrogens with one attached hydrogen (secondary N) is 2. The highest BCUT2D eigenvalue weighted by Gasteiger charge is 2.15. The van der Waals surface area contributed by atoms with E-state index in [4.69, 9.17) is 0 Å². The maximum Gasteiger partial charge on any atom is 0.257 e. The quantitative estimate of drug-likeness (QED) is 0.821. The van der Waals surface area contributed by atoms with E-state index in [0.717, 1.165) is 19.6 Å². The Morgan fingerprint density at radius 2 is 2.00 bits per heavy atom. The van der Waals surface area contributed by atoms with Gasteiger partial charge in [0, 0.05) is 13.1 Å². The summed E-state index contributed by atoms with van der Waals surface area (Å²) in [5.74, 6) is 0. The first kappa shape index (κ1) is 13.5. The molecule has 1 fully saturated rings. The summed E-state index contributed by atoms with van der Waals surface area (Å²) in [7, 11) is -3.42. The van der Waals surface area contributed by atoms with Crippen LogP contribution in [0.25, 0.3) is 0 Å². The van der Waals surface area contributed by atoms with Gasteiger partial charge in [-0.25, -0.2) is 13.1 Å². The first-order valence-electron chi connectivity index (χ1n) is 6.40. The van der Waals surface area contributed by atoms with E-state index in [1.54, 1.807) is 0 Å². The Labute approximate surface area is 108 Å². The van der Waals surface area contributed by atoms with Crippen molar-refractivity contribution in [3.8, 4) is 0 Å². The molecule has 102 valence electrons. The van der Waals surface area contributed by atoms with Gasteiger partial charge in [0.1, 0.15) is 0 Å². The second-order valence-corrected chi connectivity index (χ2v) is 6.31. The van der Waals surface area contributed by atoms with Crippen molar-refractivity contribution in [3.05, 3.63) is 12.3 Å². The van der Waals surface area contributed by atoms with Crippen molar-refractivity contribution in [2.24, 2.45) is 0 Å². The van der Waals surface area contributed by atoms with E-state index in [1.165, 1.54) is 37.9 Å². The molecule has 1 saturated heterocycles. The van der Waals surface area contributed by atoms with E-state index in [2.05, 4.69) is 19.8 Å². The Kier molecular flexibility index (Phi) is 4.73. The number of H-pyrrole nitrogens is 1. The van der Waals surface area contributed by atoms with Gasteiger partial charge in [-0.15, -0.1) is 0 Å². The SMILES string of the molecule is O=S(=O)(NCCN1CCCCCC1)c1ccn[nH]1. The van der Waals surface area contributed by atoms with Gasteiger partial charge in [0.05, 0.1) is 6.20 Å². The van der Waals surface area contributed by atoms with Gasteiger partial charge in [-0.1, -0.05) is 12.8 Å². The molecule has 2 N–H and O–H groups in total. The summed E-state index contributed by atoms with van der Waals surface area (Å²) in [6, 6.07) is 1.45. The van der Waals surface area contributed by atoms with E-state index in [-0.39, 0.29) is 5.03 Å². The van der Waals surface area contributed by atoms with Gasteiger partial charge in [0.25, 0.3) is 10.0 Å². The Morgan fingerprint density at radius 3 is 2.61 bits per heavy atom. The molecule has 7 heteroatoms. The van der Waals surface area contributed by atoms with Crippen molar-refractivity contribution in [3.63, 3.8) is 0 Å². The van der Waals surface area contributed by atoms with Crippen molar-refractivity contribution in [1.82, 2.24) is 19.8 Å². The van der Waals surface area contributed by atoms with Gasteiger partial charge in [0.2, 0.25) is 0 Å². The number of hydrogen-bond acceptors (Lipinski definition) is 4. The minimum Gasteiger partial charge on any atom is -0.302 e. The number of sulfonamides is 1. The fraction of sp³-hybridized carbons (Fsp3) is 0.727. The number of aromatic nitrogens is 2. The molecule has 0 radical (unpaired) electrons. The van der Waals surface area contributed by atoms with Crippen LogP contribution in [-0.2, 0) is 10.0 Å². The van der Waals surface area contributed by atoms with Crippen LogP contribution in [0.4, 0.5) is 0 Å². The molecule has 6 nitrogen and oxygen atoms in total. The molecule has 0 spiro atoms. The van der Waals surface area contributed by atoms with Crippen LogP contribution in [0.2, 0.25) is 0 Å². The van der Waals surface area contributed by atoms with Crippen molar-refractivity contribution < 1.29 is 8.42 Å². The lowest BCUT2D eigenvalue weighted by Crippen LogP contribution is -2.35. The summed E-state index contributed by atoms with van der Waals surface area (Å²) >= 11 is 0. The predicted molar refractivity (Wildman–Crippen MR) is 68.7 cm³/mol. The van der Waals surface area contributed by atoms with Crippen LogP contribution in [0.15, 0.2) is 17.3 Å². The van der Waals surface area contributed by atoms with Gasteiger partial charge in [-0.3, -0.25) is 5.10 Å². The standard InChI is InChI=1S/C11H20N4O2S/c16-18(17,11-5-6-12-14-11)13-7-10-15-8-3-1-2-4-9-15/h5-6,13H,1-4,7-10H2,(H,12,14). The smallest absolute Gasteiger partial charge is 0.257 e. The monoisotopic (exact) mass is 272 g/mol. The molecule has 1 aromatic heterocycles. The van der Waals surface area contributed by atoms with Crippen LogP contribution in [0.3, 0.4) is 0 Å². The Hall–Kier alpha value is -0.920. The lowest BCUT2D eigenvalue weighted by Gasteiger charge is -2.19. The minimum atomic E-state index is -3.42. The molecule has 2 rings (SSSR count). The first-order chi connectivity index (χ1) is 8.68. The van der Waals surface area contributed by atoms with E-state index in [0.29, 0.717) is 6.54 Å². The van der Waals surface area contributed by atoms with Crippen molar-refractivity contribution in [2.45, 2.75) is 30.7 Å². The number of likely N-dealkylation sites (tertiary alicyclic amines) is 1. The van der Waals surface area contributed by atoms with E-state index in [9.17, 15) is 8.42 Å². The fourth-order valence-electron chi connectivity index (χ4n) is 2.17. The number of hydrogen-bond donors (Lipinski definition) is 2. The molecular formula is C11H20N4O2S. The zero-order chi connectivity index (χ0) is 12.8. The molecule has 0 aromatic carbocycles. The second kappa shape index (κ2) is 6.31. The van der Waals surface area contributed by atoms with Crippen LogP contribution >= 0.6 is 0 Å². The van der Waals surface area contributed by atoms with Gasteiger partial charge in [-0.2, -0.15) is 5.10 Å².